The lowest BCUT2D eigenvalue weighted by Gasteiger charge is -1.92. The molecule has 2 heteroatoms. The van der Waals surface area contributed by atoms with Gasteiger partial charge < -0.3 is 4.74 Å². The van der Waals surface area contributed by atoms with Crippen LogP contribution in [-0.2, 0) is 4.74 Å². The van der Waals surface area contributed by atoms with E-state index in [2.05, 4.69) is 46.1 Å². The van der Waals surface area contributed by atoms with Crippen molar-refractivity contribution in [2.45, 2.75) is 0 Å². The van der Waals surface area contributed by atoms with Gasteiger partial charge in [-0.3, -0.25) is 4.99 Å². The fourth-order valence-corrected chi connectivity index (χ4v) is 1.17. The summed E-state index contributed by atoms with van der Waals surface area (Å²) in [5, 5.41) is 2.61. The average Bonchev–Trinajstić information content (AvgIpc) is 2.79. The van der Waals surface area contributed by atoms with E-state index < -0.39 is 0 Å². The third-order valence-electron chi connectivity index (χ3n) is 1.89. The number of aliphatic imine (C=N–C) groups is 1. The minimum absolute atomic E-state index is 0.778. The number of hydrogen-bond acceptors (Lipinski definition) is 2. The summed E-state index contributed by atoms with van der Waals surface area (Å²) >= 11 is 0. The Labute approximate surface area is 77.2 Å². The van der Waals surface area contributed by atoms with E-state index in [-0.39, 0.29) is 0 Å². The van der Waals surface area contributed by atoms with E-state index in [0.29, 0.717) is 0 Å². The first kappa shape index (κ1) is 8.05. The lowest BCUT2D eigenvalue weighted by Crippen LogP contribution is -1.80. The Morgan fingerprint density at radius 3 is 1.62 bits per heavy atom. The summed E-state index contributed by atoms with van der Waals surface area (Å²) < 4.78 is 4.65. The molecule has 0 saturated carbocycles. The number of ether oxygens (including phenoxy) is 1. The number of fused-ring (bicyclic) bond motifs is 3. The minimum atomic E-state index is 0.778. The molecule has 2 bridgehead atoms. The van der Waals surface area contributed by atoms with Crippen molar-refractivity contribution in [2.75, 3.05) is 13.2 Å². The second kappa shape index (κ2) is 3.90. The Bertz CT molecular complexity index is 300. The molecule has 3 aromatic carbocycles. The van der Waals surface area contributed by atoms with E-state index >= 15 is 0 Å². The number of benzene rings is 3. The molecular formula is C11H11NO. The highest BCUT2D eigenvalue weighted by molar-refractivity contribution is 5.68. The third-order valence-corrected chi connectivity index (χ3v) is 1.89. The highest BCUT2D eigenvalue weighted by atomic mass is 16.5. The fraction of sp³-hybridized carbons (Fsp3) is 0.182. The van der Waals surface area contributed by atoms with Gasteiger partial charge >= 0.3 is 0 Å². The molecule has 2 nitrogen and oxygen atoms in total. The zero-order valence-electron chi connectivity index (χ0n) is 7.31. The van der Waals surface area contributed by atoms with Crippen molar-refractivity contribution in [2.24, 2.45) is 4.99 Å². The van der Waals surface area contributed by atoms with E-state index in [1.807, 2.05) is 0 Å². The Balaban J connectivity index is 0.000000113. The maximum absolute atomic E-state index is 4.65. The summed E-state index contributed by atoms with van der Waals surface area (Å²) in [6.07, 6.45) is 1.49. The maximum atomic E-state index is 4.65. The number of rotatable bonds is 0. The Morgan fingerprint density at radius 1 is 0.923 bits per heavy atom. The first-order valence-corrected chi connectivity index (χ1v) is 4.33. The van der Waals surface area contributed by atoms with Crippen LogP contribution >= 0.6 is 0 Å². The molecule has 1 aliphatic heterocycles. The van der Waals surface area contributed by atoms with Crippen LogP contribution in [0.5, 0.6) is 0 Å². The molecule has 0 radical (unpaired) electrons. The van der Waals surface area contributed by atoms with Crippen molar-refractivity contribution in [3.8, 4) is 0 Å². The zero-order valence-corrected chi connectivity index (χ0v) is 7.31. The number of hydrogen-bond donors (Lipinski definition) is 0. The maximum Gasteiger partial charge on any atom is 0.169 e. The van der Waals surface area contributed by atoms with Crippen molar-refractivity contribution < 1.29 is 4.74 Å². The molecule has 1 heterocycles. The molecule has 66 valence electrons. The summed E-state index contributed by atoms with van der Waals surface area (Å²) in [4.78, 5) is 3.74. The van der Waals surface area contributed by atoms with E-state index in [4.69, 9.17) is 0 Å². The van der Waals surface area contributed by atoms with Crippen LogP contribution in [-0.4, -0.2) is 19.6 Å². The molecule has 0 spiro atoms. The molecular weight excluding hydrogens is 162 g/mol. The molecule has 0 fully saturated rings. The monoisotopic (exact) mass is 173 g/mol. The van der Waals surface area contributed by atoms with E-state index in [0.717, 1.165) is 13.2 Å². The normalized spacial score (nSPS) is 13.8. The van der Waals surface area contributed by atoms with Gasteiger partial charge in [0.25, 0.3) is 0 Å². The van der Waals surface area contributed by atoms with Gasteiger partial charge in [-0.05, 0) is 10.8 Å². The Hall–Kier alpha value is -1.57. The van der Waals surface area contributed by atoms with Gasteiger partial charge in [0.1, 0.15) is 6.61 Å². The first-order valence-electron chi connectivity index (χ1n) is 4.33. The van der Waals surface area contributed by atoms with Gasteiger partial charge in [0.15, 0.2) is 6.40 Å². The van der Waals surface area contributed by atoms with E-state index in [1.54, 1.807) is 0 Å². The average molecular weight is 173 g/mol. The predicted molar refractivity (Wildman–Crippen MR) is 54.4 cm³/mol. The van der Waals surface area contributed by atoms with Gasteiger partial charge in [-0.15, -0.1) is 0 Å². The van der Waals surface area contributed by atoms with Crippen molar-refractivity contribution >= 4 is 17.2 Å². The molecule has 3 aromatic rings. The molecule has 0 amide bonds. The van der Waals surface area contributed by atoms with E-state index in [1.165, 1.54) is 17.2 Å². The highest BCUT2D eigenvalue weighted by Gasteiger charge is 1.85. The molecule has 0 saturated heterocycles. The van der Waals surface area contributed by atoms with Gasteiger partial charge in [-0.1, -0.05) is 36.4 Å². The van der Waals surface area contributed by atoms with Crippen LogP contribution in [0.25, 0.3) is 10.8 Å². The molecule has 0 aliphatic carbocycles. The SMILES string of the molecule is C1=NCCO1.c1cc2ccc1cc2. The van der Waals surface area contributed by atoms with Gasteiger partial charge in [-0.25, -0.2) is 0 Å². The van der Waals surface area contributed by atoms with Crippen molar-refractivity contribution in [3.05, 3.63) is 36.4 Å². The molecule has 4 rings (SSSR count). The quantitative estimate of drug-likeness (QED) is 0.599. The van der Waals surface area contributed by atoms with Crippen LogP contribution in [0, 0.1) is 0 Å². The third kappa shape index (κ3) is 2.18. The summed E-state index contributed by atoms with van der Waals surface area (Å²) in [6, 6.07) is 12.7. The number of nitrogens with zero attached hydrogens (tertiary/aromatic N) is 1. The van der Waals surface area contributed by atoms with Gasteiger partial charge in [0.2, 0.25) is 0 Å². The zero-order chi connectivity index (χ0) is 8.93. The van der Waals surface area contributed by atoms with Crippen LogP contribution in [0.4, 0.5) is 0 Å². The second-order valence-electron chi connectivity index (χ2n) is 2.88. The second-order valence-corrected chi connectivity index (χ2v) is 2.88. The van der Waals surface area contributed by atoms with Crippen LogP contribution in [0.3, 0.4) is 0 Å². The Morgan fingerprint density at radius 2 is 1.46 bits per heavy atom. The highest BCUT2D eigenvalue weighted by Crippen LogP contribution is 2.09. The lowest BCUT2D eigenvalue weighted by molar-refractivity contribution is 0.361. The largest absolute Gasteiger partial charge is 0.482 e. The summed E-state index contributed by atoms with van der Waals surface area (Å²) in [5.74, 6) is 0. The van der Waals surface area contributed by atoms with Crippen molar-refractivity contribution in [1.29, 1.82) is 0 Å². The van der Waals surface area contributed by atoms with Gasteiger partial charge in [-0.2, -0.15) is 0 Å². The van der Waals surface area contributed by atoms with Crippen LogP contribution in [0.1, 0.15) is 0 Å². The minimum Gasteiger partial charge on any atom is -0.482 e. The molecule has 0 aromatic heterocycles. The lowest BCUT2D eigenvalue weighted by atomic mass is 10.1. The molecule has 0 N–H and O–H groups in total. The Kier molecular flexibility index (Phi) is 2.41. The van der Waals surface area contributed by atoms with Gasteiger partial charge in [0, 0.05) is 0 Å². The molecule has 1 aliphatic rings. The van der Waals surface area contributed by atoms with Crippen LogP contribution in [0.2, 0.25) is 0 Å². The van der Waals surface area contributed by atoms with Crippen molar-refractivity contribution in [1.82, 2.24) is 0 Å². The summed E-state index contributed by atoms with van der Waals surface area (Å²) in [5.41, 5.74) is 0. The van der Waals surface area contributed by atoms with Crippen molar-refractivity contribution in [3.63, 3.8) is 0 Å². The molecule has 13 heavy (non-hydrogen) atoms. The fourth-order valence-electron chi connectivity index (χ4n) is 1.17. The standard InChI is InChI=1S/C8H6.C3H5NO/c1-2-8-5-3-7(1)4-6-8;1-2-5-3-4-1/h1-6H;3H,1-2H2. The summed E-state index contributed by atoms with van der Waals surface area (Å²) in [6.45, 7) is 1.62. The van der Waals surface area contributed by atoms with Crippen LogP contribution < -0.4 is 0 Å². The van der Waals surface area contributed by atoms with Crippen LogP contribution in [0.15, 0.2) is 41.4 Å². The first-order chi connectivity index (χ1) is 6.45. The van der Waals surface area contributed by atoms with E-state index in [9.17, 15) is 0 Å². The summed E-state index contributed by atoms with van der Waals surface area (Å²) in [7, 11) is 0. The predicted octanol–water partition coefficient (Wildman–Crippen LogP) is 2.32. The molecule has 0 unspecified atom stereocenters. The molecule has 0 atom stereocenters. The van der Waals surface area contributed by atoms with Gasteiger partial charge in [0.05, 0.1) is 6.54 Å². The smallest absolute Gasteiger partial charge is 0.169 e. The topological polar surface area (TPSA) is 21.6 Å².